The molecule has 0 aliphatic rings. The van der Waals surface area contributed by atoms with E-state index in [1.165, 1.54) is 16.7 Å². The molecule has 0 saturated carbocycles. The third-order valence-corrected chi connectivity index (χ3v) is 4.50. The number of hydrogen-bond donors (Lipinski definition) is 1. The van der Waals surface area contributed by atoms with Crippen LogP contribution in [0.4, 0.5) is 0 Å². The molecule has 2 rings (SSSR count). The van der Waals surface area contributed by atoms with Crippen molar-refractivity contribution in [1.82, 2.24) is 0 Å². The molecule has 0 spiro atoms. The fraction of sp³-hybridized carbons (Fsp3) is 0.478. The van der Waals surface area contributed by atoms with Crippen LogP contribution < -0.4 is 10.5 Å². The first-order valence-electron chi connectivity index (χ1n) is 9.32. The maximum absolute atomic E-state index is 6.08. The highest BCUT2D eigenvalue weighted by Gasteiger charge is 2.16. The zero-order valence-corrected chi connectivity index (χ0v) is 16.4. The molecular weight excluding hydrogens is 306 g/mol. The summed E-state index contributed by atoms with van der Waals surface area (Å²) >= 11 is 0. The van der Waals surface area contributed by atoms with Crippen molar-refractivity contribution in [3.8, 4) is 5.75 Å². The topological polar surface area (TPSA) is 35.2 Å². The highest BCUT2D eigenvalue weighted by molar-refractivity contribution is 5.33. The van der Waals surface area contributed by atoms with E-state index in [0.29, 0.717) is 18.4 Å². The van der Waals surface area contributed by atoms with Crippen LogP contribution >= 0.6 is 0 Å². The van der Waals surface area contributed by atoms with Gasteiger partial charge in [-0.1, -0.05) is 71.0 Å². The van der Waals surface area contributed by atoms with E-state index in [4.69, 9.17) is 10.5 Å². The monoisotopic (exact) mass is 339 g/mol. The van der Waals surface area contributed by atoms with Crippen molar-refractivity contribution in [2.24, 2.45) is 11.7 Å². The molecule has 0 amide bonds. The first-order valence-corrected chi connectivity index (χ1v) is 9.32. The van der Waals surface area contributed by atoms with Gasteiger partial charge in [0.25, 0.3) is 0 Å². The van der Waals surface area contributed by atoms with Crippen LogP contribution in [0, 0.1) is 5.92 Å². The number of ether oxygens (including phenoxy) is 1. The summed E-state index contributed by atoms with van der Waals surface area (Å²) in [7, 11) is 0. The number of rotatable bonds is 7. The quantitative estimate of drug-likeness (QED) is 0.742. The molecule has 2 heteroatoms. The van der Waals surface area contributed by atoms with Crippen LogP contribution in [0.25, 0.3) is 0 Å². The summed E-state index contributed by atoms with van der Waals surface area (Å²) in [6.07, 6.45) is 0.935. The Kier molecular flexibility index (Phi) is 6.66. The van der Waals surface area contributed by atoms with E-state index < -0.39 is 0 Å². The second kappa shape index (κ2) is 8.53. The van der Waals surface area contributed by atoms with Gasteiger partial charge in [0.2, 0.25) is 0 Å². The van der Waals surface area contributed by atoms with Crippen LogP contribution in [0.5, 0.6) is 5.75 Å². The van der Waals surface area contributed by atoms with E-state index in [-0.39, 0.29) is 5.41 Å². The van der Waals surface area contributed by atoms with Gasteiger partial charge in [-0.3, -0.25) is 0 Å². The third kappa shape index (κ3) is 5.89. The van der Waals surface area contributed by atoms with E-state index in [0.717, 1.165) is 18.8 Å². The molecular formula is C23H33NO. The molecule has 2 aromatic carbocycles. The minimum absolute atomic E-state index is 0.179. The van der Waals surface area contributed by atoms with Crippen molar-refractivity contribution in [2.75, 3.05) is 13.2 Å². The molecule has 0 saturated heterocycles. The van der Waals surface area contributed by atoms with Crippen molar-refractivity contribution in [2.45, 2.75) is 52.4 Å². The van der Waals surface area contributed by atoms with Crippen molar-refractivity contribution in [1.29, 1.82) is 0 Å². The number of nitrogens with two attached hydrogens (primary N) is 1. The summed E-state index contributed by atoms with van der Waals surface area (Å²) in [6, 6.07) is 17.3. The molecule has 0 aromatic heterocycles. The van der Waals surface area contributed by atoms with Gasteiger partial charge < -0.3 is 10.5 Å². The van der Waals surface area contributed by atoms with Gasteiger partial charge in [-0.2, -0.15) is 0 Å². The normalized spacial score (nSPS) is 13.1. The molecule has 1 unspecified atom stereocenters. The van der Waals surface area contributed by atoms with Gasteiger partial charge >= 0.3 is 0 Å². The lowest BCUT2D eigenvalue weighted by Crippen LogP contribution is -2.16. The lowest BCUT2D eigenvalue weighted by molar-refractivity contribution is 0.271. The molecule has 2 N–H and O–H groups in total. The molecule has 0 heterocycles. The summed E-state index contributed by atoms with van der Waals surface area (Å²) in [5.41, 5.74) is 10.2. The minimum Gasteiger partial charge on any atom is -0.493 e. The molecule has 0 bridgehead atoms. The molecule has 2 aromatic rings. The highest BCUT2D eigenvalue weighted by atomic mass is 16.5. The molecule has 0 aliphatic carbocycles. The second-order valence-corrected chi connectivity index (χ2v) is 8.36. The van der Waals surface area contributed by atoms with E-state index in [9.17, 15) is 0 Å². The van der Waals surface area contributed by atoms with Crippen LogP contribution in [0.1, 0.15) is 57.2 Å². The predicted octanol–water partition coefficient (Wildman–Crippen LogP) is 5.30. The van der Waals surface area contributed by atoms with Gasteiger partial charge in [0.15, 0.2) is 0 Å². The van der Waals surface area contributed by atoms with Gasteiger partial charge in [0.05, 0.1) is 6.61 Å². The largest absolute Gasteiger partial charge is 0.493 e. The Morgan fingerprint density at radius 2 is 1.68 bits per heavy atom. The Morgan fingerprint density at radius 1 is 1.00 bits per heavy atom. The van der Waals surface area contributed by atoms with Crippen molar-refractivity contribution in [3.63, 3.8) is 0 Å². The van der Waals surface area contributed by atoms with Crippen LogP contribution in [-0.2, 0) is 11.8 Å². The Labute approximate surface area is 153 Å². The van der Waals surface area contributed by atoms with Gasteiger partial charge in [0, 0.05) is 5.92 Å². The van der Waals surface area contributed by atoms with E-state index in [1.807, 2.05) is 6.07 Å². The average Bonchev–Trinajstić information content (AvgIpc) is 2.57. The van der Waals surface area contributed by atoms with Crippen molar-refractivity contribution in [3.05, 3.63) is 65.2 Å². The molecule has 1 atom stereocenters. The van der Waals surface area contributed by atoms with E-state index in [2.05, 4.69) is 77.1 Å². The molecule has 0 fully saturated rings. The summed E-state index contributed by atoms with van der Waals surface area (Å²) < 4.78 is 5.85. The first kappa shape index (κ1) is 19.5. The summed E-state index contributed by atoms with van der Waals surface area (Å²) in [5, 5.41) is 0. The lowest BCUT2D eigenvalue weighted by Gasteiger charge is -2.21. The zero-order chi connectivity index (χ0) is 18.4. The minimum atomic E-state index is 0.179. The van der Waals surface area contributed by atoms with Gasteiger partial charge in [-0.05, 0) is 53.1 Å². The van der Waals surface area contributed by atoms with E-state index in [1.54, 1.807) is 0 Å². The number of benzene rings is 2. The zero-order valence-electron chi connectivity index (χ0n) is 16.4. The van der Waals surface area contributed by atoms with Crippen molar-refractivity contribution >= 4 is 0 Å². The highest BCUT2D eigenvalue weighted by Crippen LogP contribution is 2.27. The fourth-order valence-corrected chi connectivity index (χ4v) is 2.90. The van der Waals surface area contributed by atoms with Crippen LogP contribution in [0.3, 0.4) is 0 Å². The molecule has 25 heavy (non-hydrogen) atoms. The van der Waals surface area contributed by atoms with Crippen LogP contribution in [0.2, 0.25) is 0 Å². The molecule has 136 valence electrons. The van der Waals surface area contributed by atoms with Crippen LogP contribution in [-0.4, -0.2) is 13.2 Å². The number of hydrogen-bond acceptors (Lipinski definition) is 2. The van der Waals surface area contributed by atoms with E-state index >= 15 is 0 Å². The molecule has 2 nitrogen and oxygen atoms in total. The lowest BCUT2D eigenvalue weighted by atomic mass is 9.84. The first-order chi connectivity index (χ1) is 11.8. The Bertz CT molecular complexity index is 653. The fourth-order valence-electron chi connectivity index (χ4n) is 2.90. The Hall–Kier alpha value is -1.80. The predicted molar refractivity (Wildman–Crippen MR) is 107 cm³/mol. The van der Waals surface area contributed by atoms with Gasteiger partial charge in [-0.25, -0.2) is 0 Å². The average molecular weight is 340 g/mol. The SMILES string of the molecule is CC(C)COc1cccc(CC(CN)c2ccc(C(C)(C)C)cc2)c1. The molecule has 0 aliphatic heterocycles. The third-order valence-electron chi connectivity index (χ3n) is 4.50. The Balaban J connectivity index is 2.10. The maximum Gasteiger partial charge on any atom is 0.119 e. The molecule has 0 radical (unpaired) electrons. The van der Waals surface area contributed by atoms with Gasteiger partial charge in [-0.15, -0.1) is 0 Å². The standard InChI is InChI=1S/C23H33NO/c1-17(2)16-25-22-8-6-7-18(14-22)13-20(15-24)19-9-11-21(12-10-19)23(3,4)5/h6-12,14,17,20H,13,15-16,24H2,1-5H3. The van der Waals surface area contributed by atoms with Gasteiger partial charge in [0.1, 0.15) is 5.75 Å². The second-order valence-electron chi connectivity index (χ2n) is 8.36. The maximum atomic E-state index is 6.08. The summed E-state index contributed by atoms with van der Waals surface area (Å²) in [6.45, 7) is 12.4. The van der Waals surface area contributed by atoms with Crippen molar-refractivity contribution < 1.29 is 4.74 Å². The smallest absolute Gasteiger partial charge is 0.119 e. The Morgan fingerprint density at radius 3 is 2.24 bits per heavy atom. The summed E-state index contributed by atoms with van der Waals surface area (Å²) in [5.74, 6) is 1.81. The van der Waals surface area contributed by atoms with Crippen LogP contribution in [0.15, 0.2) is 48.5 Å². The summed E-state index contributed by atoms with van der Waals surface area (Å²) in [4.78, 5) is 0.